The molecular weight excluding hydrogens is 366 g/mol. The third-order valence-corrected chi connectivity index (χ3v) is 8.06. The van der Waals surface area contributed by atoms with E-state index in [1.807, 2.05) is 6.92 Å². The maximum atomic E-state index is 13.1. The van der Waals surface area contributed by atoms with Crippen molar-refractivity contribution in [3.05, 3.63) is 18.7 Å². The summed E-state index contributed by atoms with van der Waals surface area (Å²) >= 11 is 0. The molecule has 2 aromatic rings. The largest absolute Gasteiger partial charge is 0.271 e. The van der Waals surface area contributed by atoms with E-state index in [1.165, 1.54) is 18.9 Å². The molecule has 9 nitrogen and oxygen atoms in total. The Morgan fingerprint density at radius 2 is 2.00 bits per heavy atom. The summed E-state index contributed by atoms with van der Waals surface area (Å²) in [7, 11) is -3.61. The fourth-order valence-corrected chi connectivity index (χ4v) is 7.50. The molecule has 4 aliphatic rings. The minimum Gasteiger partial charge on any atom is -0.271 e. The number of hydrogen-bond donors (Lipinski definition) is 1. The summed E-state index contributed by atoms with van der Waals surface area (Å²) in [6.45, 7) is 2.76. The van der Waals surface area contributed by atoms with E-state index in [0.29, 0.717) is 18.4 Å². The highest BCUT2D eigenvalue weighted by Gasteiger charge is 2.60. The molecule has 0 aliphatic heterocycles. The predicted octanol–water partition coefficient (Wildman–Crippen LogP) is 1.31. The van der Waals surface area contributed by atoms with Gasteiger partial charge in [0.15, 0.2) is 6.33 Å². The fraction of sp³-hybridized carbons (Fsp3) is 0.765. The van der Waals surface area contributed by atoms with Crippen LogP contribution in [0.5, 0.6) is 0 Å². The van der Waals surface area contributed by atoms with Crippen molar-refractivity contribution in [2.45, 2.75) is 74.4 Å². The van der Waals surface area contributed by atoms with Gasteiger partial charge in [0.1, 0.15) is 4.90 Å². The van der Waals surface area contributed by atoms with Crippen LogP contribution in [0.25, 0.3) is 0 Å². The van der Waals surface area contributed by atoms with Crippen molar-refractivity contribution in [1.29, 1.82) is 0 Å². The van der Waals surface area contributed by atoms with E-state index in [2.05, 4.69) is 25.2 Å². The first-order valence-corrected chi connectivity index (χ1v) is 11.2. The third kappa shape index (κ3) is 2.80. The molecule has 4 fully saturated rings. The lowest BCUT2D eigenvalue weighted by atomic mass is 9.50. The van der Waals surface area contributed by atoms with Crippen LogP contribution in [0.3, 0.4) is 0 Å². The summed E-state index contributed by atoms with van der Waals surface area (Å²) in [6, 6.07) is 0. The van der Waals surface area contributed by atoms with E-state index in [1.54, 1.807) is 15.7 Å². The Balaban J connectivity index is 1.46. The first-order valence-electron chi connectivity index (χ1n) is 9.72. The highest BCUT2D eigenvalue weighted by molar-refractivity contribution is 7.89. The van der Waals surface area contributed by atoms with Gasteiger partial charge in [0.05, 0.1) is 11.7 Å². The van der Waals surface area contributed by atoms with Gasteiger partial charge < -0.3 is 0 Å². The van der Waals surface area contributed by atoms with Crippen molar-refractivity contribution in [3.8, 4) is 0 Å². The monoisotopic (exact) mass is 391 g/mol. The fourth-order valence-electron chi connectivity index (χ4n) is 6.13. The van der Waals surface area contributed by atoms with Crippen LogP contribution in [0.2, 0.25) is 0 Å². The predicted molar refractivity (Wildman–Crippen MR) is 96.0 cm³/mol. The summed E-state index contributed by atoms with van der Waals surface area (Å²) in [5, 5.41) is 16.6. The molecule has 0 aromatic carbocycles. The second kappa shape index (κ2) is 5.84. The molecule has 10 heteroatoms. The van der Waals surface area contributed by atoms with Crippen LogP contribution in [-0.2, 0) is 22.1 Å². The topological polar surface area (TPSA) is 108 Å². The minimum absolute atomic E-state index is 0.213. The average Bonchev–Trinajstić information content (AvgIpc) is 3.25. The zero-order valence-electron chi connectivity index (χ0n) is 15.5. The van der Waals surface area contributed by atoms with Gasteiger partial charge in [0.2, 0.25) is 10.0 Å². The van der Waals surface area contributed by atoms with Gasteiger partial charge in [-0.1, -0.05) is 6.92 Å². The summed E-state index contributed by atoms with van der Waals surface area (Å²) in [5.74, 6) is 1.01. The van der Waals surface area contributed by atoms with Crippen molar-refractivity contribution in [2.24, 2.45) is 11.8 Å². The molecule has 27 heavy (non-hydrogen) atoms. The number of rotatable bonds is 6. The molecule has 4 aliphatic carbocycles. The quantitative estimate of drug-likeness (QED) is 0.795. The molecule has 4 saturated carbocycles. The molecule has 4 bridgehead atoms. The molecule has 1 N–H and O–H groups in total. The van der Waals surface area contributed by atoms with Crippen molar-refractivity contribution in [3.63, 3.8) is 0 Å². The van der Waals surface area contributed by atoms with Crippen LogP contribution in [0, 0.1) is 11.8 Å². The summed E-state index contributed by atoms with van der Waals surface area (Å²) < 4.78 is 31.0. The van der Waals surface area contributed by atoms with Gasteiger partial charge in [-0.15, -0.1) is 10.2 Å². The molecule has 0 saturated heterocycles. The molecule has 2 atom stereocenters. The Hall–Kier alpha value is -1.81. The van der Waals surface area contributed by atoms with Gasteiger partial charge >= 0.3 is 0 Å². The molecular formula is C17H25N7O2S. The smallest absolute Gasteiger partial charge is 0.244 e. The molecule has 0 spiro atoms. The summed E-state index contributed by atoms with van der Waals surface area (Å²) in [5.41, 5.74) is -0.640. The van der Waals surface area contributed by atoms with Crippen molar-refractivity contribution in [2.75, 3.05) is 0 Å². The van der Waals surface area contributed by atoms with Crippen LogP contribution in [0.1, 0.15) is 51.9 Å². The van der Waals surface area contributed by atoms with Gasteiger partial charge in [-0.2, -0.15) is 9.90 Å². The lowest BCUT2D eigenvalue weighted by Gasteiger charge is -2.61. The normalized spacial score (nSPS) is 35.0. The Kier molecular flexibility index (Phi) is 3.74. The zero-order chi connectivity index (χ0) is 18.7. The van der Waals surface area contributed by atoms with Crippen LogP contribution in [0.15, 0.2) is 23.6 Å². The van der Waals surface area contributed by atoms with E-state index in [-0.39, 0.29) is 10.4 Å². The highest BCUT2D eigenvalue weighted by atomic mass is 32.2. The van der Waals surface area contributed by atoms with Crippen molar-refractivity contribution < 1.29 is 8.42 Å². The minimum atomic E-state index is -3.61. The van der Waals surface area contributed by atoms with Gasteiger partial charge in [0, 0.05) is 18.3 Å². The number of aryl methyl sites for hydroxylation is 1. The number of hydrogen-bond acceptors (Lipinski definition) is 6. The van der Waals surface area contributed by atoms with Gasteiger partial charge in [0.25, 0.3) is 0 Å². The van der Waals surface area contributed by atoms with Crippen molar-refractivity contribution >= 4 is 10.0 Å². The molecule has 0 radical (unpaired) electrons. The average molecular weight is 392 g/mol. The number of tetrazole rings is 1. The molecule has 0 amide bonds. The molecule has 146 valence electrons. The van der Waals surface area contributed by atoms with Crippen LogP contribution >= 0.6 is 0 Å². The number of sulfonamides is 1. The maximum absolute atomic E-state index is 13.1. The third-order valence-electron chi connectivity index (χ3n) is 6.53. The Morgan fingerprint density at radius 3 is 2.67 bits per heavy atom. The molecule has 2 unspecified atom stereocenters. The van der Waals surface area contributed by atoms with Crippen LogP contribution in [-0.4, -0.2) is 43.9 Å². The lowest BCUT2D eigenvalue weighted by molar-refractivity contribution is -0.0768. The van der Waals surface area contributed by atoms with Crippen molar-refractivity contribution in [1.82, 2.24) is 34.7 Å². The molecule has 2 heterocycles. The maximum Gasteiger partial charge on any atom is 0.244 e. The Bertz CT molecular complexity index is 922. The highest BCUT2D eigenvalue weighted by Crippen LogP contribution is 2.60. The van der Waals surface area contributed by atoms with Gasteiger partial charge in [-0.3, -0.25) is 4.68 Å². The SMILES string of the molecule is CCCn1cc(S(=O)(=O)NC23CC4CC(C2)CC(n2ncnn2)(C4)C3)cn1. The first kappa shape index (κ1) is 17.3. The number of nitrogens with one attached hydrogen (secondary N) is 1. The summed E-state index contributed by atoms with van der Waals surface area (Å²) in [4.78, 5) is 1.99. The Labute approximate surface area is 158 Å². The van der Waals surface area contributed by atoms with E-state index >= 15 is 0 Å². The van der Waals surface area contributed by atoms with Gasteiger partial charge in [-0.05, 0) is 62.0 Å². The Morgan fingerprint density at radius 1 is 1.22 bits per heavy atom. The van der Waals surface area contributed by atoms with E-state index in [4.69, 9.17) is 0 Å². The molecule has 6 rings (SSSR count). The lowest BCUT2D eigenvalue weighted by Crippen LogP contribution is -2.66. The van der Waals surface area contributed by atoms with Gasteiger partial charge in [-0.25, -0.2) is 13.1 Å². The van der Waals surface area contributed by atoms with Crippen LogP contribution < -0.4 is 4.72 Å². The second-order valence-corrected chi connectivity index (χ2v) is 10.4. The second-order valence-electron chi connectivity index (χ2n) is 8.74. The van der Waals surface area contributed by atoms with E-state index in [0.717, 1.165) is 38.5 Å². The first-order chi connectivity index (χ1) is 12.9. The zero-order valence-corrected chi connectivity index (χ0v) is 16.3. The number of aromatic nitrogens is 6. The van der Waals surface area contributed by atoms with E-state index in [9.17, 15) is 8.42 Å². The van der Waals surface area contributed by atoms with E-state index < -0.39 is 15.6 Å². The standard InChI is InChI=1S/C17H25N7O2S/c1-2-3-23-10-15(9-19-23)27(25,26)21-16-5-13-4-14(6-16)8-17(7-13,11-16)24-20-12-18-22-24/h9-10,12-14,21H,2-8,11H2,1H3. The number of nitrogens with zero attached hydrogens (tertiary/aromatic N) is 6. The molecule has 2 aromatic heterocycles. The van der Waals surface area contributed by atoms with Crippen LogP contribution in [0.4, 0.5) is 0 Å². The summed E-state index contributed by atoms with van der Waals surface area (Å²) in [6.07, 6.45) is 11.2.